The van der Waals surface area contributed by atoms with Crippen LogP contribution >= 0.6 is 0 Å². The molecule has 6 heteroatoms. The summed E-state index contributed by atoms with van der Waals surface area (Å²) in [6.45, 7) is 6.15. The molecule has 4 rings (SSSR count). The van der Waals surface area contributed by atoms with Gasteiger partial charge in [-0.2, -0.15) is 0 Å². The van der Waals surface area contributed by atoms with Crippen LogP contribution in [0.2, 0.25) is 0 Å². The first-order valence-electron chi connectivity index (χ1n) is 13.9. The molecule has 1 aliphatic heterocycles. The molecule has 202 valence electrons. The number of carbonyl (C=O) groups excluding carboxylic acids is 1. The van der Waals surface area contributed by atoms with Crippen molar-refractivity contribution in [2.75, 3.05) is 33.8 Å². The van der Waals surface area contributed by atoms with Gasteiger partial charge < -0.3 is 20.3 Å². The van der Waals surface area contributed by atoms with E-state index in [0.717, 1.165) is 48.7 Å². The Morgan fingerprint density at radius 1 is 1.11 bits per heavy atom. The number of pyridine rings is 1. The van der Waals surface area contributed by atoms with Crippen LogP contribution < -0.4 is 15.8 Å². The third kappa shape index (κ3) is 6.02. The molecule has 0 saturated heterocycles. The number of aromatic nitrogens is 1. The maximum atomic E-state index is 13.0. The van der Waals surface area contributed by atoms with Gasteiger partial charge in [-0.25, -0.2) is 4.98 Å². The zero-order chi connectivity index (χ0) is 27.2. The number of primary amides is 1. The van der Waals surface area contributed by atoms with Crippen LogP contribution in [0.25, 0.3) is 10.8 Å². The molecule has 6 nitrogen and oxygen atoms in total. The Balaban J connectivity index is 1.51. The first-order valence-corrected chi connectivity index (χ1v) is 13.9. The summed E-state index contributed by atoms with van der Waals surface area (Å²) < 4.78 is 6.91. The van der Waals surface area contributed by atoms with Gasteiger partial charge in [-0.15, -0.1) is 0 Å². The molecule has 0 unspecified atom stereocenters. The summed E-state index contributed by atoms with van der Waals surface area (Å²) >= 11 is 0. The minimum Gasteiger partial charge on any atom is -0.471 e. The first kappa shape index (κ1) is 27.6. The number of hydrogen-bond donors (Lipinski definition) is 2. The summed E-state index contributed by atoms with van der Waals surface area (Å²) in [7, 11) is 4.28. The van der Waals surface area contributed by atoms with Crippen LogP contribution in [0.4, 0.5) is 0 Å². The Labute approximate surface area is 227 Å². The Hall–Kier alpha value is -3.38. The van der Waals surface area contributed by atoms with Crippen molar-refractivity contribution in [3.05, 3.63) is 84.2 Å². The maximum Gasteiger partial charge on any atom is 0.233 e. The molecule has 1 aliphatic rings. The second kappa shape index (κ2) is 11.6. The van der Waals surface area contributed by atoms with Crippen LogP contribution in [0.3, 0.4) is 0 Å². The highest BCUT2D eigenvalue weighted by Gasteiger charge is 2.49. The zero-order valence-corrected chi connectivity index (χ0v) is 23.4. The molecule has 38 heavy (non-hydrogen) atoms. The molecule has 0 aliphatic carbocycles. The molecule has 0 spiro atoms. The molecular weight excluding hydrogens is 472 g/mol. The van der Waals surface area contributed by atoms with Gasteiger partial charge in [0.25, 0.3) is 0 Å². The Kier molecular flexibility index (Phi) is 8.41. The van der Waals surface area contributed by atoms with Crippen molar-refractivity contribution in [1.29, 1.82) is 0 Å². The largest absolute Gasteiger partial charge is 0.471 e. The van der Waals surface area contributed by atoms with E-state index in [0.29, 0.717) is 29.9 Å². The SMILES string of the molecule is CCCCc1cc2ccccc2c(OCC[N+](C)(C)C[C@@]2(C(N)=O)C=CN[C@@](CC)(c3ccccc3)C2)n1. The number of amides is 1. The molecule has 0 radical (unpaired) electrons. The minimum absolute atomic E-state index is 0.285. The van der Waals surface area contributed by atoms with Crippen LogP contribution in [0.1, 0.15) is 50.8 Å². The first-order chi connectivity index (χ1) is 18.2. The highest BCUT2D eigenvalue weighted by Crippen LogP contribution is 2.42. The van der Waals surface area contributed by atoms with Gasteiger partial charge in [-0.3, -0.25) is 4.79 Å². The number of likely N-dealkylation sites (N-methyl/N-ethyl adjacent to an activating group) is 1. The number of nitrogens with one attached hydrogen (secondary N) is 1. The second-order valence-electron chi connectivity index (χ2n) is 11.4. The van der Waals surface area contributed by atoms with E-state index >= 15 is 0 Å². The average Bonchev–Trinajstić information content (AvgIpc) is 2.92. The lowest BCUT2D eigenvalue weighted by Gasteiger charge is -2.46. The van der Waals surface area contributed by atoms with Crippen LogP contribution in [0.5, 0.6) is 5.88 Å². The monoisotopic (exact) mass is 515 g/mol. The summed E-state index contributed by atoms with van der Waals surface area (Å²) in [6.07, 6.45) is 8.54. The number of benzene rings is 2. The number of quaternary nitrogens is 1. The number of fused-ring (bicyclic) bond motifs is 1. The van der Waals surface area contributed by atoms with Gasteiger partial charge in [0.2, 0.25) is 11.8 Å². The van der Waals surface area contributed by atoms with E-state index in [2.05, 4.69) is 69.7 Å². The van der Waals surface area contributed by atoms with E-state index in [1.807, 2.05) is 36.5 Å². The van der Waals surface area contributed by atoms with Gasteiger partial charge in [0.15, 0.2) is 0 Å². The Morgan fingerprint density at radius 2 is 1.84 bits per heavy atom. The van der Waals surface area contributed by atoms with E-state index in [1.54, 1.807) is 0 Å². The van der Waals surface area contributed by atoms with Crippen LogP contribution in [-0.2, 0) is 16.8 Å². The number of rotatable bonds is 12. The number of nitrogens with two attached hydrogens (primary N) is 1. The Bertz CT molecular complexity index is 1270. The van der Waals surface area contributed by atoms with Crippen molar-refractivity contribution < 1.29 is 14.0 Å². The minimum atomic E-state index is -0.772. The third-order valence-electron chi connectivity index (χ3n) is 7.99. The number of ether oxygens (including phenoxy) is 1. The predicted octanol–water partition coefficient (Wildman–Crippen LogP) is 5.32. The molecule has 1 amide bonds. The quantitative estimate of drug-likeness (QED) is 0.320. The van der Waals surface area contributed by atoms with Crippen molar-refractivity contribution in [3.8, 4) is 5.88 Å². The number of unbranched alkanes of at least 4 members (excludes halogenated alkanes) is 1. The normalized spacial score (nSPS) is 21.3. The molecular formula is C32H43N4O2+. The fourth-order valence-electron chi connectivity index (χ4n) is 5.79. The van der Waals surface area contributed by atoms with Gasteiger partial charge in [-0.1, -0.05) is 68.8 Å². The van der Waals surface area contributed by atoms with Crippen LogP contribution in [0.15, 0.2) is 72.9 Å². The number of aryl methyl sites for hydroxylation is 1. The molecule has 0 bridgehead atoms. The fraction of sp³-hybridized carbons (Fsp3) is 0.438. The summed E-state index contributed by atoms with van der Waals surface area (Å²) in [4.78, 5) is 17.9. The molecule has 0 fully saturated rings. The molecule has 2 aromatic carbocycles. The number of nitrogens with zero attached hydrogens (tertiary/aromatic N) is 2. The van der Waals surface area contributed by atoms with Gasteiger partial charge >= 0.3 is 0 Å². The zero-order valence-electron chi connectivity index (χ0n) is 23.4. The summed E-state index contributed by atoms with van der Waals surface area (Å²) in [5.74, 6) is 0.405. The lowest BCUT2D eigenvalue weighted by atomic mass is 9.68. The summed E-state index contributed by atoms with van der Waals surface area (Å²) in [5.41, 5.74) is 7.26. The average molecular weight is 516 g/mol. The Morgan fingerprint density at radius 3 is 2.55 bits per heavy atom. The van der Waals surface area contributed by atoms with Gasteiger partial charge in [0.05, 0.1) is 26.2 Å². The second-order valence-corrected chi connectivity index (χ2v) is 11.4. The summed E-state index contributed by atoms with van der Waals surface area (Å²) in [5, 5.41) is 5.75. The van der Waals surface area contributed by atoms with Gasteiger partial charge in [0, 0.05) is 11.1 Å². The van der Waals surface area contributed by atoms with E-state index in [9.17, 15) is 4.79 Å². The molecule has 2 heterocycles. The van der Waals surface area contributed by atoms with Gasteiger partial charge in [-0.05, 0) is 61.0 Å². The van der Waals surface area contributed by atoms with Crippen molar-refractivity contribution in [1.82, 2.24) is 10.3 Å². The smallest absolute Gasteiger partial charge is 0.233 e. The summed E-state index contributed by atoms with van der Waals surface area (Å²) in [6, 6.07) is 20.8. The van der Waals surface area contributed by atoms with Crippen LogP contribution in [-0.4, -0.2) is 49.2 Å². The number of hydrogen-bond acceptors (Lipinski definition) is 4. The van der Waals surface area contributed by atoms with Crippen molar-refractivity contribution >= 4 is 16.7 Å². The van der Waals surface area contributed by atoms with Gasteiger partial charge in [0.1, 0.15) is 18.6 Å². The molecule has 2 atom stereocenters. The highest BCUT2D eigenvalue weighted by atomic mass is 16.5. The van der Waals surface area contributed by atoms with Crippen molar-refractivity contribution in [2.45, 2.75) is 51.5 Å². The maximum absolute atomic E-state index is 13.0. The van der Waals surface area contributed by atoms with E-state index in [-0.39, 0.29) is 11.4 Å². The fourth-order valence-corrected chi connectivity index (χ4v) is 5.79. The predicted molar refractivity (Wildman–Crippen MR) is 155 cm³/mol. The molecule has 3 aromatic rings. The lowest BCUT2D eigenvalue weighted by Crippen LogP contribution is -2.59. The molecule has 1 aromatic heterocycles. The molecule has 3 N–H and O–H groups in total. The topological polar surface area (TPSA) is 77.2 Å². The van der Waals surface area contributed by atoms with Crippen LogP contribution in [0, 0.1) is 5.41 Å². The standard InChI is InChI=1S/C32H42N4O2/c1-5-7-16-27-22-25-13-11-12-17-28(25)29(35-27)38-21-20-36(3,4)24-31(30(33)37)18-19-34-32(6-2,23-31)26-14-9-8-10-15-26/h8-15,17-19,22,34H,5-7,16,20-21,23-24H2,1-4H3,(H-,33,37)/p+1/t31-,32-/m1/s1. The number of carbonyl (C=O) groups is 1. The van der Waals surface area contributed by atoms with E-state index in [4.69, 9.17) is 15.5 Å². The van der Waals surface area contributed by atoms with Crippen molar-refractivity contribution in [2.24, 2.45) is 11.1 Å². The third-order valence-corrected chi connectivity index (χ3v) is 7.99. The van der Waals surface area contributed by atoms with Crippen molar-refractivity contribution in [3.63, 3.8) is 0 Å². The molecule has 0 saturated carbocycles. The van der Waals surface area contributed by atoms with E-state index in [1.165, 1.54) is 5.56 Å². The lowest BCUT2D eigenvalue weighted by molar-refractivity contribution is -0.895. The van der Waals surface area contributed by atoms with E-state index < -0.39 is 5.41 Å². The highest BCUT2D eigenvalue weighted by molar-refractivity contribution is 5.87.